The highest BCUT2D eigenvalue weighted by Crippen LogP contribution is 2.04. The lowest BCUT2D eigenvalue weighted by atomic mass is 10.4. The fourth-order valence-electron chi connectivity index (χ4n) is 1.04. The zero-order valence-electron chi connectivity index (χ0n) is 4.93. The van der Waals surface area contributed by atoms with Crippen molar-refractivity contribution in [3.05, 3.63) is 0 Å². The summed E-state index contributed by atoms with van der Waals surface area (Å²) in [5, 5.41) is 8.24. The van der Waals surface area contributed by atoms with Crippen LogP contribution in [0, 0.1) is 11.3 Å². The van der Waals surface area contributed by atoms with Crippen molar-refractivity contribution >= 4 is 0 Å². The van der Waals surface area contributed by atoms with E-state index in [4.69, 9.17) is 5.26 Å². The number of nitriles is 1. The molecule has 8 heavy (non-hydrogen) atoms. The van der Waals surface area contributed by atoms with Crippen LogP contribution < -0.4 is 0 Å². The van der Waals surface area contributed by atoms with Gasteiger partial charge in [0.15, 0.2) is 0 Å². The highest BCUT2D eigenvalue weighted by Gasteiger charge is 2.08. The van der Waals surface area contributed by atoms with Crippen LogP contribution >= 0.6 is 0 Å². The predicted octanol–water partition coefficient (Wildman–Crippen LogP) is 0.606. The molecule has 1 fully saturated rings. The highest BCUT2D eigenvalue weighted by atomic mass is 15.1. The van der Waals surface area contributed by atoms with Crippen LogP contribution in [0.15, 0.2) is 0 Å². The van der Waals surface area contributed by atoms with Crippen LogP contribution in [-0.2, 0) is 0 Å². The van der Waals surface area contributed by atoms with E-state index >= 15 is 0 Å². The summed E-state index contributed by atoms with van der Waals surface area (Å²) < 4.78 is 0. The molecule has 0 amide bonds. The number of hydrogen-bond donors (Lipinski definition) is 0. The van der Waals surface area contributed by atoms with Gasteiger partial charge in [-0.05, 0) is 25.9 Å². The van der Waals surface area contributed by atoms with E-state index in [2.05, 4.69) is 11.0 Å². The van der Waals surface area contributed by atoms with E-state index < -0.39 is 0 Å². The molecule has 0 saturated carbocycles. The maximum Gasteiger partial charge on any atom is 0.0865 e. The normalized spacial score (nSPS) is 20.9. The first kappa shape index (κ1) is 5.58. The molecule has 1 heterocycles. The molecule has 0 radical (unpaired) electrons. The van der Waals surface area contributed by atoms with Gasteiger partial charge in [0, 0.05) is 0 Å². The Hall–Kier alpha value is -0.550. The number of nitrogens with zero attached hydrogens (tertiary/aromatic N) is 2. The molecule has 2 nitrogen and oxygen atoms in total. The fraction of sp³-hybridized carbons (Fsp3) is 0.833. The average molecular weight is 110 g/mol. The number of likely N-dealkylation sites (tertiary alicyclic amines) is 1. The van der Waals surface area contributed by atoms with Crippen molar-refractivity contribution in [3.8, 4) is 6.07 Å². The van der Waals surface area contributed by atoms with Gasteiger partial charge in [-0.1, -0.05) is 0 Å². The van der Waals surface area contributed by atoms with E-state index in [9.17, 15) is 0 Å². The third-order valence-corrected chi connectivity index (χ3v) is 1.49. The van der Waals surface area contributed by atoms with Gasteiger partial charge in [0.1, 0.15) is 0 Å². The molecule has 2 heteroatoms. The molecule has 1 aliphatic heterocycles. The molecule has 0 aromatic carbocycles. The third-order valence-electron chi connectivity index (χ3n) is 1.49. The van der Waals surface area contributed by atoms with Crippen molar-refractivity contribution in [1.82, 2.24) is 4.90 Å². The second kappa shape index (κ2) is 2.68. The molecule has 0 atom stereocenters. The van der Waals surface area contributed by atoms with Gasteiger partial charge in [-0.3, -0.25) is 4.90 Å². The molecule has 0 spiro atoms. The maximum absolute atomic E-state index is 8.24. The van der Waals surface area contributed by atoms with Crippen LogP contribution in [0.3, 0.4) is 0 Å². The Morgan fingerprint density at radius 2 is 2.00 bits per heavy atom. The standard InChI is InChI=1S/C6H10N2/c7-3-6-8-4-1-2-5-8/h1-2,4-6H2. The lowest BCUT2D eigenvalue weighted by Crippen LogP contribution is -2.18. The van der Waals surface area contributed by atoms with Crippen LogP contribution in [0.4, 0.5) is 0 Å². The van der Waals surface area contributed by atoms with Gasteiger partial charge in [-0.15, -0.1) is 0 Å². The molecule has 0 aliphatic carbocycles. The topological polar surface area (TPSA) is 27.0 Å². The van der Waals surface area contributed by atoms with Gasteiger partial charge < -0.3 is 0 Å². The lowest BCUT2D eigenvalue weighted by molar-refractivity contribution is 0.381. The van der Waals surface area contributed by atoms with Crippen LogP contribution in [-0.4, -0.2) is 24.5 Å². The predicted molar refractivity (Wildman–Crippen MR) is 31.3 cm³/mol. The summed E-state index contributed by atoms with van der Waals surface area (Å²) in [4.78, 5) is 2.18. The van der Waals surface area contributed by atoms with Gasteiger partial charge in [0.25, 0.3) is 0 Å². The Kier molecular flexibility index (Phi) is 1.87. The van der Waals surface area contributed by atoms with Crippen molar-refractivity contribution in [1.29, 1.82) is 5.26 Å². The summed E-state index contributed by atoms with van der Waals surface area (Å²) in [6.45, 7) is 2.89. The summed E-state index contributed by atoms with van der Waals surface area (Å²) in [6, 6.07) is 2.14. The second-order valence-electron chi connectivity index (χ2n) is 2.14. The molecule has 0 unspecified atom stereocenters. The summed E-state index contributed by atoms with van der Waals surface area (Å²) in [5.74, 6) is 0. The minimum Gasteiger partial charge on any atom is -0.291 e. The zero-order chi connectivity index (χ0) is 5.82. The second-order valence-corrected chi connectivity index (χ2v) is 2.14. The molecule has 0 aromatic heterocycles. The van der Waals surface area contributed by atoms with E-state index in [0.29, 0.717) is 6.54 Å². The van der Waals surface area contributed by atoms with Crippen molar-refractivity contribution in [2.45, 2.75) is 12.8 Å². The Morgan fingerprint density at radius 3 is 2.50 bits per heavy atom. The van der Waals surface area contributed by atoms with Crippen molar-refractivity contribution in [2.75, 3.05) is 19.6 Å². The first-order valence-electron chi connectivity index (χ1n) is 3.03. The Balaban J connectivity index is 2.17. The van der Waals surface area contributed by atoms with E-state index in [1.807, 2.05) is 0 Å². The molecular weight excluding hydrogens is 100 g/mol. The quantitative estimate of drug-likeness (QED) is 0.462. The summed E-state index contributed by atoms with van der Waals surface area (Å²) in [6.07, 6.45) is 2.56. The van der Waals surface area contributed by atoms with Crippen molar-refractivity contribution < 1.29 is 0 Å². The van der Waals surface area contributed by atoms with E-state index in [1.165, 1.54) is 12.8 Å². The van der Waals surface area contributed by atoms with Gasteiger partial charge in [-0.2, -0.15) is 5.26 Å². The van der Waals surface area contributed by atoms with E-state index in [-0.39, 0.29) is 0 Å². The van der Waals surface area contributed by atoms with E-state index in [0.717, 1.165) is 13.1 Å². The molecule has 0 bridgehead atoms. The van der Waals surface area contributed by atoms with Crippen LogP contribution in [0.5, 0.6) is 0 Å². The smallest absolute Gasteiger partial charge is 0.0865 e. The minimum atomic E-state index is 0.625. The van der Waals surface area contributed by atoms with Gasteiger partial charge in [0.05, 0.1) is 12.6 Å². The van der Waals surface area contributed by atoms with E-state index in [1.54, 1.807) is 0 Å². The lowest BCUT2D eigenvalue weighted by Gasteiger charge is -2.06. The summed E-state index contributed by atoms with van der Waals surface area (Å²) >= 11 is 0. The third kappa shape index (κ3) is 1.21. The summed E-state index contributed by atoms with van der Waals surface area (Å²) in [5.41, 5.74) is 0. The Morgan fingerprint density at radius 1 is 1.38 bits per heavy atom. The van der Waals surface area contributed by atoms with Crippen LogP contribution in [0.25, 0.3) is 0 Å². The maximum atomic E-state index is 8.24. The van der Waals surface area contributed by atoms with Crippen LogP contribution in [0.1, 0.15) is 12.8 Å². The first-order chi connectivity index (χ1) is 3.93. The monoisotopic (exact) mass is 110 g/mol. The van der Waals surface area contributed by atoms with Crippen molar-refractivity contribution in [2.24, 2.45) is 0 Å². The summed E-state index contributed by atoms with van der Waals surface area (Å²) in [7, 11) is 0. The highest BCUT2D eigenvalue weighted by molar-refractivity contribution is 4.78. The molecule has 0 aromatic rings. The molecular formula is C6H10N2. The van der Waals surface area contributed by atoms with Crippen molar-refractivity contribution in [3.63, 3.8) is 0 Å². The number of hydrogen-bond acceptors (Lipinski definition) is 2. The van der Waals surface area contributed by atoms with Gasteiger partial charge >= 0.3 is 0 Å². The molecule has 44 valence electrons. The zero-order valence-corrected chi connectivity index (χ0v) is 4.93. The number of rotatable bonds is 1. The van der Waals surface area contributed by atoms with Gasteiger partial charge in [0.2, 0.25) is 0 Å². The fourth-order valence-corrected chi connectivity index (χ4v) is 1.04. The Labute approximate surface area is 49.7 Å². The SMILES string of the molecule is N#CCN1CCCC1. The molecule has 1 aliphatic rings. The molecule has 1 saturated heterocycles. The average Bonchev–Trinajstić information content (AvgIpc) is 2.19. The first-order valence-corrected chi connectivity index (χ1v) is 3.03. The Bertz CT molecular complexity index is 97.6. The molecule has 0 N–H and O–H groups in total. The van der Waals surface area contributed by atoms with Crippen LogP contribution in [0.2, 0.25) is 0 Å². The van der Waals surface area contributed by atoms with Gasteiger partial charge in [-0.25, -0.2) is 0 Å². The minimum absolute atomic E-state index is 0.625. The molecule has 1 rings (SSSR count). The largest absolute Gasteiger partial charge is 0.291 e.